The molecule has 2 atom stereocenters. The van der Waals surface area contributed by atoms with Crippen molar-refractivity contribution < 1.29 is 18.3 Å². The second kappa shape index (κ2) is 11.4. The molecule has 38 heavy (non-hydrogen) atoms. The number of hydrogen-bond donors (Lipinski definition) is 3. The van der Waals surface area contributed by atoms with E-state index in [9.17, 15) is 18.3 Å². The van der Waals surface area contributed by atoms with Gasteiger partial charge in [-0.3, -0.25) is 9.52 Å². The second-order valence-corrected chi connectivity index (χ2v) is 12.0. The molecule has 13 heteroatoms. The number of anilines is 2. The van der Waals surface area contributed by atoms with Gasteiger partial charge in [-0.2, -0.15) is 5.10 Å². The predicted octanol–water partition coefficient (Wildman–Crippen LogP) is 2.58. The van der Waals surface area contributed by atoms with E-state index in [4.69, 9.17) is 27.4 Å². The summed E-state index contributed by atoms with van der Waals surface area (Å²) in [7, 11) is -3.63. The zero-order valence-corrected chi connectivity index (χ0v) is 23.3. The molecule has 2 aromatic heterocycles. The quantitative estimate of drug-likeness (QED) is 0.319. The molecule has 3 heterocycles. The van der Waals surface area contributed by atoms with E-state index in [1.165, 1.54) is 18.2 Å². The molecule has 0 bridgehead atoms. The van der Waals surface area contributed by atoms with E-state index in [-0.39, 0.29) is 23.9 Å². The molecule has 206 valence electrons. The summed E-state index contributed by atoms with van der Waals surface area (Å²) in [4.78, 5) is 22.5. The lowest BCUT2D eigenvalue weighted by atomic mass is 10.1. The van der Waals surface area contributed by atoms with Crippen LogP contribution in [0.3, 0.4) is 0 Å². The van der Waals surface area contributed by atoms with E-state index in [0.717, 1.165) is 37.1 Å². The molecule has 1 aliphatic heterocycles. The fourth-order valence-corrected chi connectivity index (χ4v) is 5.43. The van der Waals surface area contributed by atoms with Crippen molar-refractivity contribution in [1.29, 1.82) is 0 Å². The average molecular weight is 564 g/mol. The van der Waals surface area contributed by atoms with E-state index in [0.29, 0.717) is 35.8 Å². The monoisotopic (exact) mass is 563 g/mol. The Kier molecular flexibility index (Phi) is 8.46. The molecule has 0 aliphatic carbocycles. The molecule has 0 radical (unpaired) electrons. The highest BCUT2D eigenvalue weighted by Gasteiger charge is 2.28. The standard InChI is InChI=1S/C25H34ClN7O4S/c1-16-14-33-23(28-24(16)31-10-8-19(27)15-31)13-22(29-33)17(2)32(9-4-5-11-34)25(35)20-12-18(26)6-7-21(20)30-38(3,36)37/h6-7,12-14,17,19,30,34H,4-5,8-11,15,27H2,1-3H3/t17-,19-/m0/s1. The number of hydrogen-bond acceptors (Lipinski definition) is 8. The lowest BCUT2D eigenvalue weighted by Gasteiger charge is -2.29. The Labute approximate surface area is 227 Å². The Morgan fingerprint density at radius 3 is 2.76 bits per heavy atom. The van der Waals surface area contributed by atoms with Gasteiger partial charge in [0, 0.05) is 55.1 Å². The number of rotatable bonds is 10. The molecule has 1 aliphatic rings. The molecular formula is C25H34ClN7O4S. The molecule has 4 N–H and O–H groups in total. The average Bonchev–Trinajstić information content (AvgIpc) is 3.46. The van der Waals surface area contributed by atoms with Gasteiger partial charge in [0.2, 0.25) is 10.0 Å². The van der Waals surface area contributed by atoms with Gasteiger partial charge in [-0.05, 0) is 51.3 Å². The van der Waals surface area contributed by atoms with Crippen molar-refractivity contribution in [3.63, 3.8) is 0 Å². The first-order chi connectivity index (χ1) is 18.0. The molecule has 1 aromatic carbocycles. The van der Waals surface area contributed by atoms with Gasteiger partial charge in [0.15, 0.2) is 5.65 Å². The molecule has 0 unspecified atom stereocenters. The zero-order valence-electron chi connectivity index (χ0n) is 21.8. The Bertz CT molecular complexity index is 1430. The molecule has 1 amide bonds. The maximum absolute atomic E-state index is 13.8. The van der Waals surface area contributed by atoms with Gasteiger partial charge >= 0.3 is 0 Å². The SMILES string of the molecule is Cc1cn2nc([C@H](C)N(CCCCO)C(=O)c3cc(Cl)ccc3NS(C)(=O)=O)cc2nc1N1CC[C@H](N)C1. The van der Waals surface area contributed by atoms with Gasteiger partial charge in [-0.15, -0.1) is 0 Å². The van der Waals surface area contributed by atoms with Crippen LogP contribution in [0.15, 0.2) is 30.5 Å². The van der Waals surface area contributed by atoms with Crippen LogP contribution in [0.25, 0.3) is 5.65 Å². The third-order valence-corrected chi connectivity index (χ3v) is 7.44. The van der Waals surface area contributed by atoms with Crippen LogP contribution in [-0.2, 0) is 10.0 Å². The van der Waals surface area contributed by atoms with Gasteiger partial charge in [0.1, 0.15) is 5.82 Å². The smallest absolute Gasteiger partial charge is 0.256 e. The number of nitrogens with zero attached hydrogens (tertiary/aromatic N) is 5. The maximum atomic E-state index is 13.8. The third-order valence-electron chi connectivity index (χ3n) is 6.62. The van der Waals surface area contributed by atoms with Gasteiger partial charge in [0.25, 0.3) is 5.91 Å². The Morgan fingerprint density at radius 1 is 1.34 bits per heavy atom. The predicted molar refractivity (Wildman–Crippen MR) is 148 cm³/mol. The first-order valence-corrected chi connectivity index (χ1v) is 14.8. The molecular weight excluding hydrogens is 530 g/mol. The molecule has 0 saturated carbocycles. The number of aliphatic hydroxyl groups excluding tert-OH is 1. The van der Waals surface area contributed by atoms with E-state index in [1.54, 1.807) is 9.42 Å². The number of unbranched alkanes of at least 4 members (excludes halogenated alkanes) is 1. The summed E-state index contributed by atoms with van der Waals surface area (Å²) < 4.78 is 28.0. The van der Waals surface area contributed by atoms with Crippen molar-refractivity contribution in [3.05, 3.63) is 52.3 Å². The second-order valence-electron chi connectivity index (χ2n) is 9.78. The van der Waals surface area contributed by atoms with Crippen LogP contribution < -0.4 is 15.4 Å². The highest BCUT2D eigenvalue weighted by Crippen LogP contribution is 2.29. The number of sulfonamides is 1. The number of aromatic nitrogens is 3. The number of benzene rings is 1. The summed E-state index contributed by atoms with van der Waals surface area (Å²) in [6.07, 6.45) is 4.91. The minimum atomic E-state index is -3.63. The van der Waals surface area contributed by atoms with Crippen molar-refractivity contribution >= 4 is 44.7 Å². The number of fused-ring (bicyclic) bond motifs is 1. The number of carbonyl (C=O) groups is 1. The van der Waals surface area contributed by atoms with Crippen LogP contribution in [0, 0.1) is 6.92 Å². The molecule has 11 nitrogen and oxygen atoms in total. The maximum Gasteiger partial charge on any atom is 0.256 e. The van der Waals surface area contributed by atoms with Crippen LogP contribution in [0.5, 0.6) is 0 Å². The summed E-state index contributed by atoms with van der Waals surface area (Å²) in [6, 6.07) is 5.94. The normalized spacial score (nSPS) is 16.7. The summed E-state index contributed by atoms with van der Waals surface area (Å²) in [6.45, 7) is 5.76. The highest BCUT2D eigenvalue weighted by atomic mass is 35.5. The van der Waals surface area contributed by atoms with Crippen LogP contribution in [0.1, 0.15) is 53.8 Å². The number of aryl methyl sites for hydroxylation is 1. The van der Waals surface area contributed by atoms with Crippen LogP contribution in [0.2, 0.25) is 5.02 Å². The Balaban J connectivity index is 1.69. The number of carbonyl (C=O) groups excluding carboxylic acids is 1. The van der Waals surface area contributed by atoms with Crippen molar-refractivity contribution in [2.24, 2.45) is 5.73 Å². The van der Waals surface area contributed by atoms with Crippen LogP contribution >= 0.6 is 11.6 Å². The van der Waals surface area contributed by atoms with Crippen LogP contribution in [0.4, 0.5) is 11.5 Å². The summed E-state index contributed by atoms with van der Waals surface area (Å²) in [5.74, 6) is 0.466. The first-order valence-electron chi connectivity index (χ1n) is 12.5. The zero-order chi connectivity index (χ0) is 27.6. The van der Waals surface area contributed by atoms with Gasteiger partial charge < -0.3 is 20.6 Å². The fourth-order valence-electron chi connectivity index (χ4n) is 4.68. The first kappa shape index (κ1) is 28.1. The van der Waals surface area contributed by atoms with E-state index < -0.39 is 22.0 Å². The van der Waals surface area contributed by atoms with Crippen molar-refractivity contribution in [2.75, 3.05) is 42.1 Å². The van der Waals surface area contributed by atoms with E-state index >= 15 is 0 Å². The summed E-state index contributed by atoms with van der Waals surface area (Å²) in [5, 5.41) is 14.3. The molecule has 4 rings (SSSR count). The Hall–Kier alpha value is -2.93. The summed E-state index contributed by atoms with van der Waals surface area (Å²) in [5.41, 5.74) is 8.62. The largest absolute Gasteiger partial charge is 0.396 e. The minimum absolute atomic E-state index is 0.00500. The topological polar surface area (TPSA) is 146 Å². The van der Waals surface area contributed by atoms with Crippen molar-refractivity contribution in [1.82, 2.24) is 19.5 Å². The lowest BCUT2D eigenvalue weighted by Crippen LogP contribution is -2.35. The number of aliphatic hydroxyl groups is 1. The molecule has 1 saturated heterocycles. The van der Waals surface area contributed by atoms with Gasteiger partial charge in [-0.25, -0.2) is 17.9 Å². The fraction of sp³-hybridized carbons (Fsp3) is 0.480. The van der Waals surface area contributed by atoms with Crippen molar-refractivity contribution in [3.8, 4) is 0 Å². The van der Waals surface area contributed by atoms with Gasteiger partial charge in [0.05, 0.1) is 29.2 Å². The minimum Gasteiger partial charge on any atom is -0.396 e. The molecule has 1 fully saturated rings. The molecule has 0 spiro atoms. The van der Waals surface area contributed by atoms with Crippen LogP contribution in [-0.4, -0.2) is 77.5 Å². The van der Waals surface area contributed by atoms with E-state index in [2.05, 4.69) is 9.62 Å². The Morgan fingerprint density at radius 2 is 2.11 bits per heavy atom. The number of nitrogens with two attached hydrogens (primary N) is 1. The number of amides is 1. The number of nitrogens with one attached hydrogen (secondary N) is 1. The van der Waals surface area contributed by atoms with E-state index in [1.807, 2.05) is 26.1 Å². The summed E-state index contributed by atoms with van der Waals surface area (Å²) >= 11 is 6.19. The lowest BCUT2D eigenvalue weighted by molar-refractivity contribution is 0.0680. The van der Waals surface area contributed by atoms with Gasteiger partial charge in [-0.1, -0.05) is 11.6 Å². The molecule has 3 aromatic rings. The third kappa shape index (κ3) is 6.37. The van der Waals surface area contributed by atoms with Crippen molar-refractivity contribution in [2.45, 2.75) is 45.2 Å². The number of halogens is 1. The highest BCUT2D eigenvalue weighted by molar-refractivity contribution is 7.92.